The Hall–Kier alpha value is -1.33. The fourth-order valence-corrected chi connectivity index (χ4v) is 2.87. The predicted molar refractivity (Wildman–Crippen MR) is 90.6 cm³/mol. The highest BCUT2D eigenvalue weighted by Crippen LogP contribution is 2.32. The van der Waals surface area contributed by atoms with Crippen molar-refractivity contribution >= 4 is 43.8 Å². The number of aryl methyl sites for hydroxylation is 2. The first-order valence-electron chi connectivity index (χ1n) is 6.01. The molecule has 0 radical (unpaired) electrons. The van der Waals surface area contributed by atoms with E-state index in [1.165, 1.54) is 11.1 Å². The lowest BCUT2D eigenvalue weighted by molar-refractivity contribution is 0.468. The summed E-state index contributed by atoms with van der Waals surface area (Å²) in [5, 5.41) is 13.8. The molecule has 2 aromatic carbocycles. The van der Waals surface area contributed by atoms with Gasteiger partial charge in [0.25, 0.3) is 0 Å². The lowest BCUT2D eigenvalue weighted by Gasteiger charge is -2.05. The summed E-state index contributed by atoms with van der Waals surface area (Å²) in [7, 11) is 0. The largest absolute Gasteiger partial charge is 0.506 e. The molecule has 0 unspecified atom stereocenters. The third-order valence-electron chi connectivity index (χ3n) is 2.95. The molecule has 2 N–H and O–H groups in total. The van der Waals surface area contributed by atoms with Crippen molar-refractivity contribution in [2.45, 2.75) is 13.8 Å². The summed E-state index contributed by atoms with van der Waals surface area (Å²) < 4.78 is 1.25. The van der Waals surface area contributed by atoms with Gasteiger partial charge in [0, 0.05) is 0 Å². The molecule has 3 nitrogen and oxygen atoms in total. The molecule has 104 valence electrons. The Kier molecular flexibility index (Phi) is 4.83. The highest BCUT2D eigenvalue weighted by atomic mass is 79.9. The Bertz CT molecular complexity index is 646. The standard InChI is InChI=1S/C15H14Br2N2O/c1-9-3-4-12(5-10(9)2)19-18-8-11-6-13(16)15(20)14(17)7-11/h3-8,19-20H,1-2H3/b18-8+. The molecule has 0 aliphatic heterocycles. The van der Waals surface area contributed by atoms with Crippen molar-refractivity contribution in [3.63, 3.8) is 0 Å². The van der Waals surface area contributed by atoms with Crippen molar-refractivity contribution in [1.82, 2.24) is 0 Å². The van der Waals surface area contributed by atoms with Gasteiger partial charge in [-0.15, -0.1) is 0 Å². The smallest absolute Gasteiger partial charge is 0.143 e. The van der Waals surface area contributed by atoms with E-state index in [2.05, 4.69) is 68.4 Å². The first-order chi connectivity index (χ1) is 9.47. The van der Waals surface area contributed by atoms with Gasteiger partial charge in [0.2, 0.25) is 0 Å². The van der Waals surface area contributed by atoms with Crippen LogP contribution in [0.3, 0.4) is 0 Å². The van der Waals surface area contributed by atoms with Crippen molar-refractivity contribution in [2.24, 2.45) is 5.10 Å². The molecule has 0 aromatic heterocycles. The molecule has 2 aromatic rings. The molecule has 0 atom stereocenters. The highest BCUT2D eigenvalue weighted by Gasteiger charge is 2.04. The zero-order valence-corrected chi connectivity index (χ0v) is 14.3. The number of benzene rings is 2. The van der Waals surface area contributed by atoms with Crippen molar-refractivity contribution in [3.8, 4) is 5.75 Å². The number of hydrazone groups is 1. The number of anilines is 1. The van der Waals surface area contributed by atoms with E-state index in [1.54, 1.807) is 18.3 Å². The number of halogens is 2. The number of nitrogens with zero attached hydrogens (tertiary/aromatic N) is 1. The van der Waals surface area contributed by atoms with Crippen LogP contribution in [0, 0.1) is 13.8 Å². The number of hydrogen-bond acceptors (Lipinski definition) is 3. The average molecular weight is 398 g/mol. The van der Waals surface area contributed by atoms with E-state index in [9.17, 15) is 5.11 Å². The topological polar surface area (TPSA) is 44.6 Å². The molecule has 0 amide bonds. The molecule has 20 heavy (non-hydrogen) atoms. The summed E-state index contributed by atoms with van der Waals surface area (Å²) in [6.45, 7) is 4.15. The van der Waals surface area contributed by atoms with Crippen LogP contribution in [-0.2, 0) is 0 Å². The van der Waals surface area contributed by atoms with Gasteiger partial charge in [0.1, 0.15) is 5.75 Å². The van der Waals surface area contributed by atoms with Crippen LogP contribution in [-0.4, -0.2) is 11.3 Å². The van der Waals surface area contributed by atoms with E-state index in [4.69, 9.17) is 0 Å². The molecule has 0 spiro atoms. The minimum absolute atomic E-state index is 0.185. The highest BCUT2D eigenvalue weighted by molar-refractivity contribution is 9.11. The summed E-state index contributed by atoms with van der Waals surface area (Å²) in [5.74, 6) is 0.185. The van der Waals surface area contributed by atoms with Crippen LogP contribution in [0.2, 0.25) is 0 Å². The van der Waals surface area contributed by atoms with Crippen LogP contribution in [0.5, 0.6) is 5.75 Å². The van der Waals surface area contributed by atoms with Gasteiger partial charge in [-0.05, 0) is 86.7 Å². The summed E-state index contributed by atoms with van der Waals surface area (Å²) in [4.78, 5) is 0. The molecule has 0 bridgehead atoms. The summed E-state index contributed by atoms with van der Waals surface area (Å²) in [5.41, 5.74) is 7.29. The first-order valence-corrected chi connectivity index (χ1v) is 7.60. The fraction of sp³-hybridized carbons (Fsp3) is 0.133. The van der Waals surface area contributed by atoms with Gasteiger partial charge in [-0.3, -0.25) is 5.43 Å². The molecule has 0 aliphatic carbocycles. The van der Waals surface area contributed by atoms with E-state index in [0.717, 1.165) is 11.3 Å². The molecule has 2 rings (SSSR count). The van der Waals surface area contributed by atoms with E-state index in [0.29, 0.717) is 8.95 Å². The lowest BCUT2D eigenvalue weighted by Crippen LogP contribution is -1.92. The Balaban J connectivity index is 2.12. The Morgan fingerprint density at radius 1 is 1.05 bits per heavy atom. The van der Waals surface area contributed by atoms with Gasteiger partial charge in [-0.25, -0.2) is 0 Å². The minimum Gasteiger partial charge on any atom is -0.506 e. The normalized spacial score (nSPS) is 11.0. The van der Waals surface area contributed by atoms with Crippen LogP contribution >= 0.6 is 31.9 Å². The van der Waals surface area contributed by atoms with E-state index >= 15 is 0 Å². The average Bonchev–Trinajstić information content (AvgIpc) is 2.40. The molecule has 0 aliphatic rings. The minimum atomic E-state index is 0.185. The molecular formula is C15H14Br2N2O. The summed E-state index contributed by atoms with van der Waals surface area (Å²) >= 11 is 6.58. The van der Waals surface area contributed by atoms with Crippen molar-refractivity contribution < 1.29 is 5.11 Å². The van der Waals surface area contributed by atoms with E-state index in [1.807, 2.05) is 6.07 Å². The third kappa shape index (κ3) is 3.61. The van der Waals surface area contributed by atoms with Crippen molar-refractivity contribution in [3.05, 3.63) is 56.0 Å². The van der Waals surface area contributed by atoms with Crippen LogP contribution in [0.1, 0.15) is 16.7 Å². The van der Waals surface area contributed by atoms with Gasteiger partial charge < -0.3 is 5.11 Å². The predicted octanol–water partition coefficient (Wildman–Crippen LogP) is 4.98. The number of nitrogens with one attached hydrogen (secondary N) is 1. The fourth-order valence-electron chi connectivity index (χ4n) is 1.65. The zero-order chi connectivity index (χ0) is 14.7. The first kappa shape index (κ1) is 15.1. The molecule has 0 heterocycles. The maximum atomic E-state index is 9.64. The van der Waals surface area contributed by atoms with Gasteiger partial charge >= 0.3 is 0 Å². The van der Waals surface area contributed by atoms with E-state index < -0.39 is 0 Å². The second kappa shape index (κ2) is 6.41. The van der Waals surface area contributed by atoms with Crippen LogP contribution < -0.4 is 5.43 Å². The molecular weight excluding hydrogens is 384 g/mol. The van der Waals surface area contributed by atoms with Crippen molar-refractivity contribution in [1.29, 1.82) is 0 Å². The Morgan fingerprint density at radius 3 is 2.30 bits per heavy atom. The van der Waals surface area contributed by atoms with Crippen LogP contribution in [0.15, 0.2) is 44.4 Å². The van der Waals surface area contributed by atoms with E-state index in [-0.39, 0.29) is 5.75 Å². The van der Waals surface area contributed by atoms with Gasteiger partial charge in [-0.2, -0.15) is 5.10 Å². The Labute approximate surface area is 135 Å². The maximum Gasteiger partial charge on any atom is 0.143 e. The zero-order valence-electron chi connectivity index (χ0n) is 11.1. The maximum absolute atomic E-state index is 9.64. The summed E-state index contributed by atoms with van der Waals surface area (Å²) in [6, 6.07) is 9.69. The number of rotatable bonds is 3. The second-order valence-corrected chi connectivity index (χ2v) is 6.21. The quantitative estimate of drug-likeness (QED) is 0.566. The SMILES string of the molecule is Cc1ccc(N/N=C/c2cc(Br)c(O)c(Br)c2)cc1C. The second-order valence-electron chi connectivity index (χ2n) is 4.50. The number of phenolic OH excluding ortho intramolecular Hbond substituents is 1. The summed E-state index contributed by atoms with van der Waals surface area (Å²) in [6.07, 6.45) is 1.70. The molecule has 0 saturated carbocycles. The van der Waals surface area contributed by atoms with Gasteiger partial charge in [0.15, 0.2) is 0 Å². The Morgan fingerprint density at radius 2 is 1.70 bits per heavy atom. The number of phenols is 1. The number of aromatic hydroxyl groups is 1. The number of hydrogen-bond donors (Lipinski definition) is 2. The molecule has 0 fully saturated rings. The van der Waals surface area contributed by atoms with Crippen LogP contribution in [0.4, 0.5) is 5.69 Å². The third-order valence-corrected chi connectivity index (χ3v) is 4.16. The lowest BCUT2D eigenvalue weighted by atomic mass is 10.1. The monoisotopic (exact) mass is 396 g/mol. The van der Waals surface area contributed by atoms with Crippen LogP contribution in [0.25, 0.3) is 0 Å². The molecule has 0 saturated heterocycles. The van der Waals surface area contributed by atoms with Gasteiger partial charge in [0.05, 0.1) is 20.8 Å². The molecule has 5 heteroatoms. The van der Waals surface area contributed by atoms with Crippen molar-refractivity contribution in [2.75, 3.05) is 5.43 Å². The van der Waals surface area contributed by atoms with Gasteiger partial charge in [-0.1, -0.05) is 6.07 Å².